The Kier molecular flexibility index (Phi) is 4.98. The monoisotopic (exact) mass is 394 g/mol. The van der Waals surface area contributed by atoms with E-state index in [1.807, 2.05) is 12.1 Å². The molecular formula is C17H9Cl3N2OS. The molecule has 0 bridgehead atoms. The second-order valence-corrected chi connectivity index (χ2v) is 7.12. The Bertz CT molecular complexity index is 1060. The predicted octanol–water partition coefficient (Wildman–Crippen LogP) is 5.04. The lowest BCUT2D eigenvalue weighted by Gasteiger charge is -2.01. The van der Waals surface area contributed by atoms with Crippen molar-refractivity contribution in [3.05, 3.63) is 61.8 Å². The maximum atomic E-state index is 12.5. The minimum atomic E-state index is -0.481. The molecule has 1 aromatic heterocycles. The highest BCUT2D eigenvalue weighted by Gasteiger charge is 2.12. The van der Waals surface area contributed by atoms with Crippen molar-refractivity contribution in [3.63, 3.8) is 0 Å². The van der Waals surface area contributed by atoms with E-state index in [-0.39, 0.29) is 12.1 Å². The van der Waals surface area contributed by atoms with Crippen LogP contribution in [0.3, 0.4) is 0 Å². The molecule has 0 aliphatic rings. The first-order valence-electron chi connectivity index (χ1n) is 6.76. The number of hydrogen-bond donors (Lipinski definition) is 0. The topological polar surface area (TPSA) is 34.4 Å². The van der Waals surface area contributed by atoms with E-state index < -0.39 is 5.91 Å². The lowest BCUT2D eigenvalue weighted by Crippen LogP contribution is -2.16. The molecule has 0 aliphatic heterocycles. The fourth-order valence-electron chi connectivity index (χ4n) is 2.18. The summed E-state index contributed by atoms with van der Waals surface area (Å²) in [5, 5.41) is 1.31. The molecule has 0 spiro atoms. The summed E-state index contributed by atoms with van der Waals surface area (Å²) in [6, 6.07) is 10.1. The number of amides is 1. The summed E-state index contributed by atoms with van der Waals surface area (Å²) in [5.74, 6) is 2.09. The summed E-state index contributed by atoms with van der Waals surface area (Å²) >= 11 is 19.4. The molecule has 3 rings (SSSR count). The van der Waals surface area contributed by atoms with Gasteiger partial charge in [0.25, 0.3) is 5.91 Å². The molecule has 0 radical (unpaired) electrons. The van der Waals surface area contributed by atoms with E-state index in [1.165, 1.54) is 17.4 Å². The number of rotatable bonds is 2. The lowest BCUT2D eigenvalue weighted by molar-refractivity contribution is 0.0998. The first kappa shape index (κ1) is 17.1. The standard InChI is InChI=1S/C17H9Cl3N2OS/c1-2-7-22-14-6-4-11(19)9-15(14)24-17(22)21-16(23)12-8-10(18)3-5-13(12)20/h1,3-6,8-9H,7H2. The first-order chi connectivity index (χ1) is 11.5. The molecule has 0 aliphatic carbocycles. The third-order valence-electron chi connectivity index (χ3n) is 3.25. The van der Waals surface area contributed by atoms with Gasteiger partial charge in [0.1, 0.15) is 0 Å². The van der Waals surface area contributed by atoms with Crippen molar-refractivity contribution in [2.45, 2.75) is 6.54 Å². The molecule has 0 saturated carbocycles. The van der Waals surface area contributed by atoms with Gasteiger partial charge >= 0.3 is 0 Å². The summed E-state index contributed by atoms with van der Waals surface area (Å²) in [4.78, 5) is 17.1. The molecule has 0 saturated heterocycles. The summed E-state index contributed by atoms with van der Waals surface area (Å²) in [6.45, 7) is 0.289. The van der Waals surface area contributed by atoms with Crippen LogP contribution in [0.15, 0.2) is 41.4 Å². The smallest absolute Gasteiger partial charge is 0.281 e. The van der Waals surface area contributed by atoms with Gasteiger partial charge in [-0.05, 0) is 36.4 Å². The van der Waals surface area contributed by atoms with Crippen molar-refractivity contribution in [3.8, 4) is 12.3 Å². The Labute approximate surface area is 157 Å². The van der Waals surface area contributed by atoms with E-state index in [0.717, 1.165) is 10.2 Å². The average molecular weight is 396 g/mol. The van der Waals surface area contributed by atoms with Crippen molar-refractivity contribution >= 4 is 62.3 Å². The van der Waals surface area contributed by atoms with Crippen LogP contribution in [0.2, 0.25) is 15.1 Å². The highest BCUT2D eigenvalue weighted by atomic mass is 35.5. The van der Waals surface area contributed by atoms with Crippen LogP contribution in [0, 0.1) is 12.3 Å². The molecular weight excluding hydrogens is 387 g/mol. The summed E-state index contributed by atoms with van der Waals surface area (Å²) < 4.78 is 2.67. The van der Waals surface area contributed by atoms with Gasteiger partial charge in [-0.1, -0.05) is 52.1 Å². The Morgan fingerprint density at radius 2 is 1.88 bits per heavy atom. The van der Waals surface area contributed by atoms with Gasteiger partial charge < -0.3 is 4.57 Å². The maximum Gasteiger partial charge on any atom is 0.281 e. The van der Waals surface area contributed by atoms with Gasteiger partial charge in [-0.2, -0.15) is 4.99 Å². The van der Waals surface area contributed by atoms with Gasteiger partial charge in [0.05, 0.1) is 27.3 Å². The second-order valence-electron chi connectivity index (χ2n) is 4.83. The Morgan fingerprint density at radius 3 is 2.62 bits per heavy atom. The molecule has 1 amide bonds. The van der Waals surface area contributed by atoms with E-state index in [1.54, 1.807) is 22.8 Å². The van der Waals surface area contributed by atoms with Crippen molar-refractivity contribution in [1.82, 2.24) is 4.57 Å². The number of benzene rings is 2. The molecule has 2 aromatic carbocycles. The van der Waals surface area contributed by atoms with Crippen molar-refractivity contribution in [2.24, 2.45) is 4.99 Å². The van der Waals surface area contributed by atoms with Gasteiger partial charge in [-0.3, -0.25) is 4.79 Å². The maximum absolute atomic E-state index is 12.5. The SMILES string of the molecule is C#CCn1c(=NC(=O)c2cc(Cl)ccc2Cl)sc2cc(Cl)ccc21. The number of thiazole rings is 1. The number of carbonyl (C=O) groups is 1. The van der Waals surface area contributed by atoms with Crippen LogP contribution >= 0.6 is 46.1 Å². The fourth-order valence-corrected chi connectivity index (χ4v) is 3.86. The normalized spacial score (nSPS) is 11.7. The molecule has 1 heterocycles. The van der Waals surface area contributed by atoms with Crippen LogP contribution in [0.25, 0.3) is 10.2 Å². The van der Waals surface area contributed by atoms with Gasteiger partial charge in [0.2, 0.25) is 0 Å². The zero-order valence-electron chi connectivity index (χ0n) is 12.1. The fraction of sp³-hybridized carbons (Fsp3) is 0.0588. The summed E-state index contributed by atoms with van der Waals surface area (Å²) in [7, 11) is 0. The quantitative estimate of drug-likeness (QED) is 0.560. The van der Waals surface area contributed by atoms with Gasteiger partial charge in [0, 0.05) is 10.0 Å². The third kappa shape index (κ3) is 3.35. The minimum Gasteiger partial charge on any atom is -0.305 e. The predicted molar refractivity (Wildman–Crippen MR) is 100 cm³/mol. The second kappa shape index (κ2) is 7.00. The average Bonchev–Trinajstić information content (AvgIpc) is 2.86. The molecule has 24 heavy (non-hydrogen) atoms. The highest BCUT2D eigenvalue weighted by Crippen LogP contribution is 2.23. The number of nitrogens with zero attached hydrogens (tertiary/aromatic N) is 2. The largest absolute Gasteiger partial charge is 0.305 e. The Hall–Kier alpha value is -1.77. The van der Waals surface area contributed by atoms with Gasteiger partial charge in [-0.15, -0.1) is 6.42 Å². The first-order valence-corrected chi connectivity index (χ1v) is 8.71. The zero-order chi connectivity index (χ0) is 17.3. The van der Waals surface area contributed by atoms with Crippen LogP contribution in [0.4, 0.5) is 0 Å². The zero-order valence-corrected chi connectivity index (χ0v) is 15.2. The van der Waals surface area contributed by atoms with E-state index in [2.05, 4.69) is 10.9 Å². The van der Waals surface area contributed by atoms with E-state index in [0.29, 0.717) is 19.9 Å². The lowest BCUT2D eigenvalue weighted by atomic mass is 10.2. The molecule has 0 unspecified atom stereocenters. The van der Waals surface area contributed by atoms with E-state index >= 15 is 0 Å². The molecule has 0 atom stereocenters. The third-order valence-corrected chi connectivity index (χ3v) is 5.09. The number of halogens is 3. The summed E-state index contributed by atoms with van der Waals surface area (Å²) in [6.07, 6.45) is 5.44. The van der Waals surface area contributed by atoms with Crippen molar-refractivity contribution in [2.75, 3.05) is 0 Å². The highest BCUT2D eigenvalue weighted by molar-refractivity contribution is 7.16. The number of terminal acetylenes is 1. The van der Waals surface area contributed by atoms with Gasteiger partial charge in [0.15, 0.2) is 4.80 Å². The Morgan fingerprint density at radius 1 is 1.17 bits per heavy atom. The number of carbonyl (C=O) groups excluding carboxylic acids is 1. The van der Waals surface area contributed by atoms with Crippen molar-refractivity contribution < 1.29 is 4.79 Å². The Balaban J connectivity index is 2.19. The van der Waals surface area contributed by atoms with Crippen LogP contribution in [0.5, 0.6) is 0 Å². The van der Waals surface area contributed by atoms with Crippen LogP contribution in [-0.4, -0.2) is 10.5 Å². The van der Waals surface area contributed by atoms with E-state index in [4.69, 9.17) is 41.2 Å². The molecule has 3 nitrogen and oxygen atoms in total. The minimum absolute atomic E-state index is 0.243. The molecule has 7 heteroatoms. The molecule has 0 fully saturated rings. The number of aromatic nitrogens is 1. The van der Waals surface area contributed by atoms with Crippen molar-refractivity contribution in [1.29, 1.82) is 0 Å². The van der Waals surface area contributed by atoms with Crippen LogP contribution in [-0.2, 0) is 6.54 Å². The summed E-state index contributed by atoms with van der Waals surface area (Å²) in [5.41, 5.74) is 1.11. The van der Waals surface area contributed by atoms with Gasteiger partial charge in [-0.25, -0.2) is 0 Å². The van der Waals surface area contributed by atoms with E-state index in [9.17, 15) is 4.79 Å². The number of fused-ring (bicyclic) bond motifs is 1. The molecule has 0 N–H and O–H groups in total. The van der Waals surface area contributed by atoms with Crippen LogP contribution < -0.4 is 4.80 Å². The molecule has 120 valence electrons. The number of hydrogen-bond acceptors (Lipinski definition) is 2. The molecule has 3 aromatic rings. The van der Waals surface area contributed by atoms with Crippen LogP contribution in [0.1, 0.15) is 10.4 Å².